The molecule has 1 atom stereocenters. The Morgan fingerprint density at radius 1 is 1.31 bits per heavy atom. The monoisotopic (exact) mass is 217 g/mol. The van der Waals surface area contributed by atoms with Crippen LogP contribution < -0.4 is 5.32 Å². The molecule has 16 heavy (non-hydrogen) atoms. The Labute approximate surface area is 99.6 Å². The Hall–Kier alpha value is -1.08. The van der Waals surface area contributed by atoms with E-state index >= 15 is 0 Å². The van der Waals surface area contributed by atoms with E-state index in [1.807, 2.05) is 6.08 Å². The summed E-state index contributed by atoms with van der Waals surface area (Å²) < 4.78 is 0. The van der Waals surface area contributed by atoms with Gasteiger partial charge in [0.1, 0.15) is 0 Å². The van der Waals surface area contributed by atoms with E-state index < -0.39 is 0 Å². The van der Waals surface area contributed by atoms with Gasteiger partial charge >= 0.3 is 0 Å². The van der Waals surface area contributed by atoms with Crippen molar-refractivity contribution in [3.05, 3.63) is 48.6 Å². The molecule has 0 heterocycles. The smallest absolute Gasteiger partial charge is 0.0101 e. The number of aryl methyl sites for hydroxylation is 1. The van der Waals surface area contributed by atoms with Gasteiger partial charge in [-0.15, -0.1) is 6.58 Å². The molecule has 0 aliphatic rings. The van der Waals surface area contributed by atoms with Crippen molar-refractivity contribution in [1.29, 1.82) is 0 Å². The van der Waals surface area contributed by atoms with Crippen molar-refractivity contribution in [2.24, 2.45) is 0 Å². The highest BCUT2D eigenvalue weighted by atomic mass is 14.9. The van der Waals surface area contributed by atoms with Gasteiger partial charge < -0.3 is 5.32 Å². The highest BCUT2D eigenvalue weighted by Gasteiger charge is 2.04. The normalized spacial score (nSPS) is 12.3. The van der Waals surface area contributed by atoms with Crippen LogP contribution in [-0.2, 0) is 6.42 Å². The summed E-state index contributed by atoms with van der Waals surface area (Å²) >= 11 is 0. The van der Waals surface area contributed by atoms with Crippen molar-refractivity contribution < 1.29 is 0 Å². The Morgan fingerprint density at radius 3 is 2.69 bits per heavy atom. The zero-order chi connectivity index (χ0) is 11.6. The highest BCUT2D eigenvalue weighted by Crippen LogP contribution is 2.08. The van der Waals surface area contributed by atoms with Crippen molar-refractivity contribution in [3.63, 3.8) is 0 Å². The second-order valence-electron chi connectivity index (χ2n) is 4.16. The maximum atomic E-state index is 3.81. The molecular weight excluding hydrogens is 194 g/mol. The number of hydrogen-bond donors (Lipinski definition) is 1. The van der Waals surface area contributed by atoms with Crippen molar-refractivity contribution in [2.75, 3.05) is 6.54 Å². The van der Waals surface area contributed by atoms with Crippen LogP contribution in [0.1, 0.15) is 31.7 Å². The molecule has 0 amide bonds. The fraction of sp³-hybridized carbons (Fsp3) is 0.467. The first-order chi connectivity index (χ1) is 7.86. The van der Waals surface area contributed by atoms with Crippen LogP contribution in [0.3, 0.4) is 0 Å². The molecule has 0 spiro atoms. The van der Waals surface area contributed by atoms with Gasteiger partial charge in [-0.05, 0) is 37.8 Å². The lowest BCUT2D eigenvalue weighted by Gasteiger charge is -2.15. The third-order valence-corrected chi connectivity index (χ3v) is 2.80. The van der Waals surface area contributed by atoms with E-state index in [1.54, 1.807) is 0 Å². The first kappa shape index (κ1) is 13.0. The maximum Gasteiger partial charge on any atom is 0.0101 e. The molecule has 88 valence electrons. The van der Waals surface area contributed by atoms with Crippen LogP contribution in [0.5, 0.6) is 0 Å². The topological polar surface area (TPSA) is 12.0 Å². The zero-order valence-corrected chi connectivity index (χ0v) is 10.3. The molecule has 0 aromatic heterocycles. The van der Waals surface area contributed by atoms with Gasteiger partial charge in [-0.3, -0.25) is 0 Å². The lowest BCUT2D eigenvalue weighted by Crippen LogP contribution is -2.28. The molecule has 0 radical (unpaired) electrons. The largest absolute Gasteiger partial charge is 0.314 e. The van der Waals surface area contributed by atoms with E-state index in [1.165, 1.54) is 24.8 Å². The summed E-state index contributed by atoms with van der Waals surface area (Å²) in [6.07, 6.45) is 6.74. The van der Waals surface area contributed by atoms with Crippen LogP contribution >= 0.6 is 0 Å². The molecule has 1 N–H and O–H groups in total. The maximum absolute atomic E-state index is 3.81. The summed E-state index contributed by atoms with van der Waals surface area (Å²) in [5.74, 6) is 0. The van der Waals surface area contributed by atoms with E-state index in [0.29, 0.717) is 6.04 Å². The minimum Gasteiger partial charge on any atom is -0.314 e. The highest BCUT2D eigenvalue weighted by molar-refractivity contribution is 5.14. The predicted octanol–water partition coefficient (Wildman–Crippen LogP) is 3.56. The molecule has 1 aromatic carbocycles. The molecule has 1 rings (SSSR count). The fourth-order valence-electron chi connectivity index (χ4n) is 1.99. The summed E-state index contributed by atoms with van der Waals surface area (Å²) in [6, 6.07) is 11.3. The SMILES string of the molecule is C=CCC(CCCc1ccccc1)NCC. The lowest BCUT2D eigenvalue weighted by molar-refractivity contribution is 0.483. The fourth-order valence-corrected chi connectivity index (χ4v) is 1.99. The molecule has 1 heteroatoms. The summed E-state index contributed by atoms with van der Waals surface area (Å²) in [7, 11) is 0. The van der Waals surface area contributed by atoms with Gasteiger partial charge in [0.2, 0.25) is 0 Å². The van der Waals surface area contributed by atoms with Crippen LogP contribution in [-0.4, -0.2) is 12.6 Å². The van der Waals surface area contributed by atoms with Crippen molar-refractivity contribution in [2.45, 2.75) is 38.6 Å². The van der Waals surface area contributed by atoms with Gasteiger partial charge in [0, 0.05) is 6.04 Å². The summed E-state index contributed by atoms with van der Waals surface area (Å²) in [5.41, 5.74) is 1.44. The van der Waals surface area contributed by atoms with E-state index in [0.717, 1.165) is 13.0 Å². The average Bonchev–Trinajstić information content (AvgIpc) is 2.31. The number of hydrogen-bond acceptors (Lipinski definition) is 1. The zero-order valence-electron chi connectivity index (χ0n) is 10.3. The molecule has 1 unspecified atom stereocenters. The summed E-state index contributed by atoms with van der Waals surface area (Å²) in [4.78, 5) is 0. The van der Waals surface area contributed by atoms with Crippen LogP contribution in [0.15, 0.2) is 43.0 Å². The van der Waals surface area contributed by atoms with Crippen molar-refractivity contribution in [3.8, 4) is 0 Å². The number of nitrogens with one attached hydrogen (secondary N) is 1. The van der Waals surface area contributed by atoms with Crippen LogP contribution in [0, 0.1) is 0 Å². The molecular formula is C15H23N. The lowest BCUT2D eigenvalue weighted by atomic mass is 10.0. The molecule has 0 saturated carbocycles. The van der Waals surface area contributed by atoms with Gasteiger partial charge in [-0.25, -0.2) is 0 Å². The van der Waals surface area contributed by atoms with E-state index in [9.17, 15) is 0 Å². The van der Waals surface area contributed by atoms with Gasteiger partial charge in [0.15, 0.2) is 0 Å². The van der Waals surface area contributed by atoms with Crippen molar-refractivity contribution in [1.82, 2.24) is 5.32 Å². The van der Waals surface area contributed by atoms with Crippen LogP contribution in [0.4, 0.5) is 0 Å². The Balaban J connectivity index is 2.24. The molecule has 1 nitrogen and oxygen atoms in total. The predicted molar refractivity (Wildman–Crippen MR) is 71.7 cm³/mol. The van der Waals surface area contributed by atoms with E-state index in [2.05, 4.69) is 49.2 Å². The van der Waals surface area contributed by atoms with Gasteiger partial charge in [0.25, 0.3) is 0 Å². The van der Waals surface area contributed by atoms with Crippen LogP contribution in [0.25, 0.3) is 0 Å². The molecule has 0 bridgehead atoms. The van der Waals surface area contributed by atoms with Crippen molar-refractivity contribution >= 4 is 0 Å². The molecule has 1 aromatic rings. The van der Waals surface area contributed by atoms with E-state index in [4.69, 9.17) is 0 Å². The number of rotatable bonds is 8. The third kappa shape index (κ3) is 5.13. The number of benzene rings is 1. The van der Waals surface area contributed by atoms with Gasteiger partial charge in [-0.1, -0.05) is 43.3 Å². The molecule has 0 saturated heterocycles. The minimum absolute atomic E-state index is 0.603. The molecule has 0 aliphatic carbocycles. The Morgan fingerprint density at radius 2 is 2.06 bits per heavy atom. The second kappa shape index (κ2) is 8.12. The summed E-state index contributed by atoms with van der Waals surface area (Å²) in [6.45, 7) is 7.01. The second-order valence-corrected chi connectivity index (χ2v) is 4.16. The van der Waals surface area contributed by atoms with Gasteiger partial charge in [-0.2, -0.15) is 0 Å². The van der Waals surface area contributed by atoms with Crippen LogP contribution in [0.2, 0.25) is 0 Å². The summed E-state index contributed by atoms with van der Waals surface area (Å²) in [5, 5.41) is 3.50. The standard InChI is InChI=1S/C15H23N/c1-3-9-15(16-4-2)13-8-12-14-10-6-5-7-11-14/h3,5-7,10-11,15-16H,1,4,8-9,12-13H2,2H3. The Kier molecular flexibility index (Phi) is 6.59. The average molecular weight is 217 g/mol. The molecule has 0 fully saturated rings. The first-order valence-corrected chi connectivity index (χ1v) is 6.25. The van der Waals surface area contributed by atoms with E-state index in [-0.39, 0.29) is 0 Å². The first-order valence-electron chi connectivity index (χ1n) is 6.25. The Bertz CT molecular complexity index is 279. The third-order valence-electron chi connectivity index (χ3n) is 2.80. The minimum atomic E-state index is 0.603. The quantitative estimate of drug-likeness (QED) is 0.656. The van der Waals surface area contributed by atoms with Gasteiger partial charge in [0.05, 0.1) is 0 Å². The molecule has 0 aliphatic heterocycles.